The van der Waals surface area contributed by atoms with E-state index in [1.54, 1.807) is 6.92 Å². The summed E-state index contributed by atoms with van der Waals surface area (Å²) in [6, 6.07) is 18.5. The molecule has 1 heterocycles. The smallest absolute Gasteiger partial charge is 0.159 e. The van der Waals surface area contributed by atoms with Crippen LogP contribution >= 0.6 is 0 Å². The van der Waals surface area contributed by atoms with Gasteiger partial charge in [-0.05, 0) is 62.8 Å². The third kappa shape index (κ3) is 5.50. The lowest BCUT2D eigenvalue weighted by molar-refractivity contribution is 0.0208. The molecule has 1 N–H and O–H groups in total. The zero-order valence-corrected chi connectivity index (χ0v) is 16.4. The van der Waals surface area contributed by atoms with Crippen LogP contribution in [-0.2, 0) is 13.0 Å². The molecular formula is C24H31NO2. The third-order valence-electron chi connectivity index (χ3n) is 5.83. The molecule has 2 aromatic carbocycles. The highest BCUT2D eigenvalue weighted by molar-refractivity contribution is 5.94. The molecule has 3 nitrogen and oxygen atoms in total. The van der Waals surface area contributed by atoms with E-state index in [-0.39, 0.29) is 17.8 Å². The normalized spacial score (nSPS) is 20.5. The first-order chi connectivity index (χ1) is 13.1. The number of rotatable bonds is 8. The highest BCUT2D eigenvalue weighted by atomic mass is 16.3. The summed E-state index contributed by atoms with van der Waals surface area (Å²) >= 11 is 0. The fourth-order valence-corrected chi connectivity index (χ4v) is 4.32. The van der Waals surface area contributed by atoms with Crippen molar-refractivity contribution in [2.24, 2.45) is 5.41 Å². The fourth-order valence-electron chi connectivity index (χ4n) is 4.32. The van der Waals surface area contributed by atoms with Crippen molar-refractivity contribution in [1.29, 1.82) is 0 Å². The van der Waals surface area contributed by atoms with Crippen LogP contribution in [0.3, 0.4) is 0 Å². The van der Waals surface area contributed by atoms with Crippen molar-refractivity contribution >= 4 is 5.78 Å². The van der Waals surface area contributed by atoms with Gasteiger partial charge in [0.2, 0.25) is 0 Å². The topological polar surface area (TPSA) is 40.5 Å². The molecule has 0 radical (unpaired) electrons. The number of likely N-dealkylation sites (tertiary alicyclic amines) is 1. The number of ketones is 1. The molecule has 1 saturated heterocycles. The van der Waals surface area contributed by atoms with E-state index < -0.39 is 0 Å². The second kappa shape index (κ2) is 9.29. The van der Waals surface area contributed by atoms with Crippen molar-refractivity contribution in [3.8, 4) is 0 Å². The zero-order chi connectivity index (χ0) is 19.1. The molecule has 2 aromatic rings. The molecule has 1 aliphatic rings. The van der Waals surface area contributed by atoms with Gasteiger partial charge in [-0.25, -0.2) is 0 Å². The monoisotopic (exact) mass is 365 g/mol. The Hall–Kier alpha value is -1.97. The Morgan fingerprint density at radius 3 is 2.63 bits per heavy atom. The molecule has 1 atom stereocenters. The van der Waals surface area contributed by atoms with E-state index in [0.29, 0.717) is 0 Å². The number of aryl methyl sites for hydroxylation is 1. The minimum atomic E-state index is 0.00518. The van der Waals surface area contributed by atoms with Gasteiger partial charge in [-0.3, -0.25) is 9.69 Å². The average molecular weight is 366 g/mol. The van der Waals surface area contributed by atoms with E-state index in [4.69, 9.17) is 0 Å². The van der Waals surface area contributed by atoms with Crippen molar-refractivity contribution in [1.82, 2.24) is 4.90 Å². The van der Waals surface area contributed by atoms with E-state index in [1.165, 1.54) is 11.1 Å². The number of piperidine rings is 1. The second-order valence-corrected chi connectivity index (χ2v) is 8.07. The Bertz CT molecular complexity index is 743. The molecular weight excluding hydrogens is 334 g/mol. The van der Waals surface area contributed by atoms with Crippen molar-refractivity contribution in [2.75, 3.05) is 19.7 Å². The van der Waals surface area contributed by atoms with Gasteiger partial charge in [0, 0.05) is 30.7 Å². The van der Waals surface area contributed by atoms with Crippen LogP contribution in [-0.4, -0.2) is 35.5 Å². The predicted molar refractivity (Wildman–Crippen MR) is 110 cm³/mol. The SMILES string of the molecule is CC(=O)c1cccc(CN2CCC[C@](CO)(CCCc3ccccc3)C2)c1. The van der Waals surface area contributed by atoms with Gasteiger partial charge in [0.05, 0.1) is 0 Å². The summed E-state index contributed by atoms with van der Waals surface area (Å²) in [6.45, 7) is 4.71. The lowest BCUT2D eigenvalue weighted by Gasteiger charge is -2.42. The van der Waals surface area contributed by atoms with Crippen LogP contribution in [0.5, 0.6) is 0 Å². The summed E-state index contributed by atoms with van der Waals surface area (Å²) in [7, 11) is 0. The van der Waals surface area contributed by atoms with E-state index in [1.807, 2.05) is 18.2 Å². The number of aliphatic hydroxyl groups excluding tert-OH is 1. The van der Waals surface area contributed by atoms with Crippen LogP contribution < -0.4 is 0 Å². The number of Topliss-reactive ketones (excluding diaryl/α,β-unsaturated/α-hetero) is 1. The van der Waals surface area contributed by atoms with E-state index in [0.717, 1.165) is 57.3 Å². The number of aliphatic hydroxyl groups is 1. The molecule has 1 aliphatic heterocycles. The summed E-state index contributed by atoms with van der Waals surface area (Å²) in [5, 5.41) is 10.2. The molecule has 0 unspecified atom stereocenters. The standard InChI is InChI=1S/C24H31NO2/c1-20(27)23-12-5-10-22(16-23)17-25-15-7-14-24(18-25,19-26)13-6-11-21-8-3-2-4-9-21/h2-5,8-10,12,16,26H,6-7,11,13-15,17-19H2,1H3/t24-/m1/s1. The van der Waals surface area contributed by atoms with Crippen LogP contribution in [0.2, 0.25) is 0 Å². The van der Waals surface area contributed by atoms with Gasteiger partial charge in [0.25, 0.3) is 0 Å². The maximum Gasteiger partial charge on any atom is 0.159 e. The first kappa shape index (κ1) is 19.8. The molecule has 0 spiro atoms. The van der Waals surface area contributed by atoms with Crippen molar-refractivity contribution < 1.29 is 9.90 Å². The van der Waals surface area contributed by atoms with E-state index in [9.17, 15) is 9.90 Å². The highest BCUT2D eigenvalue weighted by Crippen LogP contribution is 2.35. The van der Waals surface area contributed by atoms with Crippen LogP contribution in [0.15, 0.2) is 54.6 Å². The fraction of sp³-hybridized carbons (Fsp3) is 0.458. The van der Waals surface area contributed by atoms with E-state index >= 15 is 0 Å². The molecule has 27 heavy (non-hydrogen) atoms. The Kier molecular flexibility index (Phi) is 6.81. The third-order valence-corrected chi connectivity index (χ3v) is 5.83. The summed E-state index contributed by atoms with van der Waals surface area (Å²) < 4.78 is 0. The Morgan fingerprint density at radius 2 is 1.89 bits per heavy atom. The lowest BCUT2D eigenvalue weighted by atomic mass is 9.76. The molecule has 1 fully saturated rings. The van der Waals surface area contributed by atoms with E-state index in [2.05, 4.69) is 41.3 Å². The summed E-state index contributed by atoms with van der Waals surface area (Å²) in [6.07, 6.45) is 5.46. The van der Waals surface area contributed by atoms with Crippen LogP contribution in [0, 0.1) is 5.41 Å². The van der Waals surface area contributed by atoms with Gasteiger partial charge in [0.15, 0.2) is 5.78 Å². The largest absolute Gasteiger partial charge is 0.396 e. The lowest BCUT2D eigenvalue weighted by Crippen LogP contribution is -2.45. The maximum atomic E-state index is 11.6. The molecule has 0 amide bonds. The Balaban J connectivity index is 1.59. The van der Waals surface area contributed by atoms with Gasteiger partial charge in [0.1, 0.15) is 0 Å². The zero-order valence-electron chi connectivity index (χ0n) is 16.4. The molecule has 0 bridgehead atoms. The molecule has 144 valence electrons. The number of nitrogens with zero attached hydrogens (tertiary/aromatic N) is 1. The average Bonchev–Trinajstić information content (AvgIpc) is 2.69. The quantitative estimate of drug-likeness (QED) is 0.701. The highest BCUT2D eigenvalue weighted by Gasteiger charge is 2.34. The minimum Gasteiger partial charge on any atom is -0.396 e. The van der Waals surface area contributed by atoms with Gasteiger partial charge in [-0.15, -0.1) is 0 Å². The van der Waals surface area contributed by atoms with Crippen molar-refractivity contribution in [3.05, 3.63) is 71.3 Å². The summed E-state index contributed by atoms with van der Waals surface area (Å²) in [5.74, 6) is 0.112. The number of carbonyl (C=O) groups excluding carboxylic acids is 1. The first-order valence-electron chi connectivity index (χ1n) is 10.1. The predicted octanol–water partition coefficient (Wildman–Crippen LogP) is 4.49. The van der Waals surface area contributed by atoms with Crippen molar-refractivity contribution in [2.45, 2.75) is 45.6 Å². The van der Waals surface area contributed by atoms with Gasteiger partial charge in [-0.2, -0.15) is 0 Å². The van der Waals surface area contributed by atoms with Crippen molar-refractivity contribution in [3.63, 3.8) is 0 Å². The summed E-state index contributed by atoms with van der Waals surface area (Å²) in [4.78, 5) is 14.1. The van der Waals surface area contributed by atoms with Gasteiger partial charge >= 0.3 is 0 Å². The Morgan fingerprint density at radius 1 is 1.11 bits per heavy atom. The van der Waals surface area contributed by atoms with Crippen LogP contribution in [0.1, 0.15) is 54.1 Å². The van der Waals surface area contributed by atoms with Crippen LogP contribution in [0.4, 0.5) is 0 Å². The molecule has 0 aliphatic carbocycles. The first-order valence-corrected chi connectivity index (χ1v) is 10.1. The number of hydrogen-bond acceptors (Lipinski definition) is 3. The molecule has 0 saturated carbocycles. The maximum absolute atomic E-state index is 11.6. The minimum absolute atomic E-state index is 0.00518. The summed E-state index contributed by atoms with van der Waals surface area (Å²) in [5.41, 5.74) is 3.34. The number of benzene rings is 2. The van der Waals surface area contributed by atoms with Crippen LogP contribution in [0.25, 0.3) is 0 Å². The molecule has 3 rings (SSSR count). The van der Waals surface area contributed by atoms with Gasteiger partial charge in [-0.1, -0.05) is 48.5 Å². The van der Waals surface area contributed by atoms with Gasteiger partial charge < -0.3 is 5.11 Å². The molecule has 0 aromatic heterocycles. The molecule has 3 heteroatoms. The second-order valence-electron chi connectivity index (χ2n) is 8.07. The number of hydrogen-bond donors (Lipinski definition) is 1. The number of carbonyl (C=O) groups is 1. The Labute approximate surface area is 163 Å².